The largest absolute Gasteiger partial charge is 0.416 e. The van der Waals surface area contributed by atoms with Gasteiger partial charge in [-0.1, -0.05) is 30.3 Å². The fraction of sp³-hybridized carbons (Fsp3) is 0.0741. The topological polar surface area (TPSA) is 133 Å². The Morgan fingerprint density at radius 2 is 1.32 bits per heavy atom. The number of halogens is 3. The van der Waals surface area contributed by atoms with E-state index in [0.717, 1.165) is 23.4 Å². The molecule has 10 nitrogen and oxygen atoms in total. The van der Waals surface area contributed by atoms with Gasteiger partial charge in [-0.15, -0.1) is 0 Å². The van der Waals surface area contributed by atoms with E-state index in [1.165, 1.54) is 12.1 Å². The molecule has 202 valence electrons. The Labute approximate surface area is 226 Å². The molecule has 40 heavy (non-hydrogen) atoms. The van der Waals surface area contributed by atoms with Gasteiger partial charge in [0.25, 0.3) is 0 Å². The molecule has 0 fully saturated rings. The molecule has 0 atom stereocenters. The molecule has 13 heteroatoms. The number of carbonyl (C=O) groups excluding carboxylic acids is 1. The van der Waals surface area contributed by atoms with E-state index in [4.69, 9.17) is 0 Å². The molecule has 2 heterocycles. The minimum absolute atomic E-state index is 0.224. The lowest BCUT2D eigenvalue weighted by atomic mass is 10.2. The van der Waals surface area contributed by atoms with Gasteiger partial charge in [0, 0.05) is 34.4 Å². The molecule has 0 radical (unpaired) electrons. The van der Waals surface area contributed by atoms with Crippen LogP contribution in [-0.2, 0) is 6.18 Å². The second kappa shape index (κ2) is 11.1. The average molecular weight is 546 g/mol. The molecular formula is C27H22F3N9O. The monoisotopic (exact) mass is 545 g/mol. The van der Waals surface area contributed by atoms with Gasteiger partial charge < -0.3 is 21.3 Å². The van der Waals surface area contributed by atoms with Crippen molar-refractivity contribution in [1.82, 2.24) is 25.1 Å². The van der Waals surface area contributed by atoms with Crippen molar-refractivity contribution in [2.24, 2.45) is 0 Å². The molecule has 5 aromatic rings. The zero-order valence-electron chi connectivity index (χ0n) is 20.9. The highest BCUT2D eigenvalue weighted by atomic mass is 19.4. The molecule has 5 rings (SSSR count). The van der Waals surface area contributed by atoms with Crippen LogP contribution < -0.4 is 21.3 Å². The highest BCUT2D eigenvalue weighted by Gasteiger charge is 2.30. The number of aromatic nitrogens is 5. The third-order valence-electron chi connectivity index (χ3n) is 5.48. The number of hydrogen-bond acceptors (Lipinski definition) is 7. The molecule has 0 saturated heterocycles. The maximum Gasteiger partial charge on any atom is 0.416 e. The molecule has 2 aromatic heterocycles. The lowest BCUT2D eigenvalue weighted by Crippen LogP contribution is -2.19. The first kappa shape index (κ1) is 26.2. The van der Waals surface area contributed by atoms with E-state index in [1.807, 2.05) is 43.3 Å². The minimum atomic E-state index is -4.45. The molecule has 0 saturated carbocycles. The van der Waals surface area contributed by atoms with Crippen molar-refractivity contribution in [1.29, 1.82) is 0 Å². The number of H-pyrrole nitrogens is 1. The standard InChI is InChI=1S/C27H22F3N9O/c1-16-15-22(39-38-16)34-25-36-23(17-5-3-2-4-6-17)35-24(37-25)31-19-11-13-21(14-12-19)33-26(40)32-20-9-7-18(8-10-20)27(28,29)30/h2-15H,1H3,(H2,32,33,40)(H3,31,34,35,36,37,38,39). The highest BCUT2D eigenvalue weighted by molar-refractivity contribution is 5.99. The van der Waals surface area contributed by atoms with Gasteiger partial charge in [0.05, 0.1) is 5.56 Å². The van der Waals surface area contributed by atoms with E-state index in [1.54, 1.807) is 24.3 Å². The van der Waals surface area contributed by atoms with Crippen LogP contribution in [0.25, 0.3) is 11.4 Å². The summed E-state index contributed by atoms with van der Waals surface area (Å²) >= 11 is 0. The quantitative estimate of drug-likeness (QED) is 0.153. The van der Waals surface area contributed by atoms with Crippen molar-refractivity contribution in [2.45, 2.75) is 13.1 Å². The van der Waals surface area contributed by atoms with E-state index in [9.17, 15) is 18.0 Å². The van der Waals surface area contributed by atoms with Gasteiger partial charge in [0.15, 0.2) is 11.6 Å². The first-order chi connectivity index (χ1) is 19.2. The number of rotatable bonds is 7. The summed E-state index contributed by atoms with van der Waals surface area (Å²) in [7, 11) is 0. The normalized spacial score (nSPS) is 11.1. The molecule has 2 amide bonds. The molecule has 3 aromatic carbocycles. The Bertz CT molecular complexity index is 1600. The highest BCUT2D eigenvalue weighted by Crippen LogP contribution is 2.30. The van der Waals surface area contributed by atoms with Crippen LogP contribution in [0.2, 0.25) is 0 Å². The van der Waals surface area contributed by atoms with Crippen LogP contribution in [0.3, 0.4) is 0 Å². The van der Waals surface area contributed by atoms with E-state index >= 15 is 0 Å². The third-order valence-corrected chi connectivity index (χ3v) is 5.48. The lowest BCUT2D eigenvalue weighted by Gasteiger charge is -2.11. The number of alkyl halides is 3. The maximum absolute atomic E-state index is 12.7. The third kappa shape index (κ3) is 6.69. The summed E-state index contributed by atoms with van der Waals surface area (Å²) < 4.78 is 38.2. The summed E-state index contributed by atoms with van der Waals surface area (Å²) in [5.41, 5.74) is 2.21. The number of aryl methyl sites for hydroxylation is 1. The van der Waals surface area contributed by atoms with Crippen LogP contribution in [0.15, 0.2) is 84.9 Å². The second-order valence-electron chi connectivity index (χ2n) is 8.59. The summed E-state index contributed by atoms with van der Waals surface area (Å²) in [4.78, 5) is 25.8. The fourth-order valence-electron chi connectivity index (χ4n) is 3.60. The van der Waals surface area contributed by atoms with Crippen LogP contribution in [0.5, 0.6) is 0 Å². The van der Waals surface area contributed by atoms with Gasteiger partial charge in [-0.05, 0) is 55.5 Å². The van der Waals surface area contributed by atoms with E-state index in [0.29, 0.717) is 29.0 Å². The number of nitrogens with zero attached hydrogens (tertiary/aromatic N) is 4. The Balaban J connectivity index is 1.27. The van der Waals surface area contributed by atoms with Crippen LogP contribution in [0.4, 0.5) is 52.7 Å². The number of amides is 2. The molecule has 5 N–H and O–H groups in total. The zero-order chi connectivity index (χ0) is 28.1. The van der Waals surface area contributed by atoms with Gasteiger partial charge >= 0.3 is 12.2 Å². The van der Waals surface area contributed by atoms with E-state index < -0.39 is 17.8 Å². The Morgan fingerprint density at radius 3 is 1.90 bits per heavy atom. The number of carbonyl (C=O) groups is 1. The molecule has 0 bridgehead atoms. The van der Waals surface area contributed by atoms with Crippen LogP contribution in [0, 0.1) is 6.92 Å². The van der Waals surface area contributed by atoms with Crippen LogP contribution in [0.1, 0.15) is 11.3 Å². The second-order valence-corrected chi connectivity index (χ2v) is 8.59. The molecule has 0 aliphatic rings. The lowest BCUT2D eigenvalue weighted by molar-refractivity contribution is -0.137. The van der Waals surface area contributed by atoms with Crippen molar-refractivity contribution < 1.29 is 18.0 Å². The van der Waals surface area contributed by atoms with E-state index in [2.05, 4.69) is 46.4 Å². The van der Waals surface area contributed by atoms with Gasteiger partial charge in [0.2, 0.25) is 11.9 Å². The summed E-state index contributed by atoms with van der Waals surface area (Å²) in [6.07, 6.45) is -4.45. The number of hydrogen-bond donors (Lipinski definition) is 5. The van der Waals surface area contributed by atoms with Crippen molar-refractivity contribution >= 4 is 40.8 Å². The van der Waals surface area contributed by atoms with Crippen molar-refractivity contribution in [3.05, 3.63) is 96.2 Å². The number of anilines is 6. The van der Waals surface area contributed by atoms with Gasteiger partial charge in [0.1, 0.15) is 0 Å². The van der Waals surface area contributed by atoms with Gasteiger partial charge in [-0.3, -0.25) is 5.10 Å². The average Bonchev–Trinajstić information content (AvgIpc) is 3.34. The maximum atomic E-state index is 12.7. The van der Waals surface area contributed by atoms with Crippen molar-refractivity contribution in [3.63, 3.8) is 0 Å². The van der Waals surface area contributed by atoms with Gasteiger partial charge in [-0.2, -0.15) is 33.2 Å². The summed E-state index contributed by atoms with van der Waals surface area (Å²) in [5.74, 6) is 1.58. The smallest absolute Gasteiger partial charge is 0.324 e. The number of benzene rings is 3. The predicted molar refractivity (Wildman–Crippen MR) is 146 cm³/mol. The molecule has 0 aliphatic carbocycles. The molecule has 0 unspecified atom stereocenters. The molecular weight excluding hydrogens is 523 g/mol. The summed E-state index contributed by atoms with van der Waals surface area (Å²) in [5, 5.41) is 18.3. The molecule has 0 spiro atoms. The van der Waals surface area contributed by atoms with Crippen LogP contribution >= 0.6 is 0 Å². The van der Waals surface area contributed by atoms with E-state index in [-0.39, 0.29) is 11.6 Å². The van der Waals surface area contributed by atoms with Crippen molar-refractivity contribution in [2.75, 3.05) is 21.3 Å². The first-order valence-electron chi connectivity index (χ1n) is 11.9. The van der Waals surface area contributed by atoms with Crippen LogP contribution in [-0.4, -0.2) is 31.2 Å². The Morgan fingerprint density at radius 1 is 0.750 bits per heavy atom. The summed E-state index contributed by atoms with van der Waals surface area (Å²) in [6.45, 7) is 1.88. The SMILES string of the molecule is Cc1cc(Nc2nc(Nc3ccc(NC(=O)Nc4ccc(C(F)(F)F)cc4)cc3)nc(-c3ccccc3)n2)n[nH]1. The zero-order valence-corrected chi connectivity index (χ0v) is 20.9. The minimum Gasteiger partial charge on any atom is -0.324 e. The van der Waals surface area contributed by atoms with Gasteiger partial charge in [-0.25, -0.2) is 4.79 Å². The number of aromatic amines is 1. The number of nitrogens with one attached hydrogen (secondary N) is 5. The molecule has 0 aliphatic heterocycles. The Hall–Kier alpha value is -5.46. The van der Waals surface area contributed by atoms with Crippen molar-refractivity contribution in [3.8, 4) is 11.4 Å². The predicted octanol–water partition coefficient (Wildman–Crippen LogP) is 6.72. The first-order valence-corrected chi connectivity index (χ1v) is 11.9. The Kier molecular flexibility index (Phi) is 7.27. The summed E-state index contributed by atoms with van der Waals surface area (Å²) in [6, 6.07) is 21.6. The fourth-order valence-corrected chi connectivity index (χ4v) is 3.60. The number of urea groups is 1.